The highest BCUT2D eigenvalue weighted by Gasteiger charge is 2.26. The van der Waals surface area contributed by atoms with Gasteiger partial charge in [0.2, 0.25) is 5.91 Å². The van der Waals surface area contributed by atoms with E-state index >= 15 is 0 Å². The van der Waals surface area contributed by atoms with Crippen LogP contribution >= 0.6 is 0 Å². The molecule has 3 heterocycles. The fourth-order valence-electron chi connectivity index (χ4n) is 4.80. The van der Waals surface area contributed by atoms with Crippen LogP contribution in [0.25, 0.3) is 11.2 Å². The molecule has 9 nitrogen and oxygen atoms in total. The number of aromatic nitrogens is 4. The Hall–Kier alpha value is -3.49. The molecule has 1 aliphatic heterocycles. The number of hydrogen-bond acceptors (Lipinski definition) is 5. The second-order valence-electron chi connectivity index (χ2n) is 9.24. The molecule has 0 saturated carbocycles. The van der Waals surface area contributed by atoms with Crippen molar-refractivity contribution in [1.29, 1.82) is 0 Å². The van der Waals surface area contributed by atoms with Gasteiger partial charge in [-0.3, -0.25) is 23.9 Å². The number of rotatable bonds is 9. The number of amides is 1. The largest absolute Gasteiger partial charge is 0.343 e. The Morgan fingerprint density at radius 1 is 1.03 bits per heavy atom. The molecule has 0 radical (unpaired) electrons. The first kappa shape index (κ1) is 24.6. The van der Waals surface area contributed by atoms with Gasteiger partial charge in [-0.15, -0.1) is 0 Å². The van der Waals surface area contributed by atoms with Crippen molar-refractivity contribution in [3.63, 3.8) is 0 Å². The van der Waals surface area contributed by atoms with Crippen molar-refractivity contribution in [3.8, 4) is 0 Å². The lowest BCUT2D eigenvalue weighted by Crippen LogP contribution is -2.40. The topological polar surface area (TPSA) is 110 Å². The number of hydrogen-bond donors (Lipinski definition) is 1. The lowest BCUT2D eigenvalue weighted by molar-refractivity contribution is -0.135. The molecule has 1 fully saturated rings. The number of ketones is 1. The number of carbonyl (C=O) groups excluding carboxylic acids is 2. The first-order chi connectivity index (χ1) is 16.9. The van der Waals surface area contributed by atoms with Crippen molar-refractivity contribution in [2.75, 3.05) is 13.1 Å². The van der Waals surface area contributed by atoms with E-state index in [-0.39, 0.29) is 17.6 Å². The van der Waals surface area contributed by atoms with E-state index in [9.17, 15) is 19.2 Å². The molecule has 4 rings (SSSR count). The highest BCUT2D eigenvalue weighted by atomic mass is 16.2. The van der Waals surface area contributed by atoms with Gasteiger partial charge < -0.3 is 9.47 Å². The van der Waals surface area contributed by atoms with Gasteiger partial charge in [-0.25, -0.2) is 9.78 Å². The monoisotopic (exact) mass is 479 g/mol. The highest BCUT2D eigenvalue weighted by molar-refractivity contribution is 5.82. The third-order valence-corrected chi connectivity index (χ3v) is 6.89. The summed E-state index contributed by atoms with van der Waals surface area (Å²) in [6, 6.07) is 7.84. The van der Waals surface area contributed by atoms with Gasteiger partial charge in [0.25, 0.3) is 5.56 Å². The third-order valence-electron chi connectivity index (χ3n) is 6.89. The van der Waals surface area contributed by atoms with Crippen molar-refractivity contribution < 1.29 is 9.59 Å². The number of benzene rings is 1. The minimum Gasteiger partial charge on any atom is -0.343 e. The van der Waals surface area contributed by atoms with E-state index in [0.29, 0.717) is 56.6 Å². The Bertz CT molecular complexity index is 1310. The maximum atomic E-state index is 12.7. The van der Waals surface area contributed by atoms with Gasteiger partial charge >= 0.3 is 5.69 Å². The molecule has 1 aromatic carbocycles. The van der Waals surface area contributed by atoms with Crippen LogP contribution in [0.1, 0.15) is 57.1 Å². The number of piperidine rings is 1. The summed E-state index contributed by atoms with van der Waals surface area (Å²) in [5.74, 6) is 0.504. The molecule has 2 aromatic heterocycles. The van der Waals surface area contributed by atoms with Crippen molar-refractivity contribution >= 4 is 22.9 Å². The smallest absolute Gasteiger partial charge is 0.330 e. The van der Waals surface area contributed by atoms with Crippen molar-refractivity contribution in [2.45, 2.75) is 65.5 Å². The molecule has 1 amide bonds. The Morgan fingerprint density at radius 3 is 2.37 bits per heavy atom. The molecule has 0 unspecified atom stereocenters. The quantitative estimate of drug-likeness (QED) is 0.507. The second kappa shape index (κ2) is 10.8. The summed E-state index contributed by atoms with van der Waals surface area (Å²) < 4.78 is 3.19. The number of carbonyl (C=O) groups is 2. The third kappa shape index (κ3) is 5.44. The zero-order valence-electron chi connectivity index (χ0n) is 20.5. The molecule has 0 aliphatic carbocycles. The lowest BCUT2D eigenvalue weighted by Gasteiger charge is -2.31. The Kier molecular flexibility index (Phi) is 7.63. The fourth-order valence-corrected chi connectivity index (χ4v) is 4.80. The number of imidazole rings is 1. The number of Topliss-reactive ketones (excluding diaryl/α,β-unsaturated/α-hetero) is 1. The highest BCUT2D eigenvalue weighted by Crippen LogP contribution is 2.21. The molecule has 35 heavy (non-hydrogen) atoms. The van der Waals surface area contributed by atoms with Gasteiger partial charge in [0, 0.05) is 38.4 Å². The van der Waals surface area contributed by atoms with Crippen LogP contribution in [0.15, 0.2) is 40.2 Å². The normalized spacial score (nSPS) is 14.5. The zero-order valence-corrected chi connectivity index (χ0v) is 20.5. The molecule has 9 heteroatoms. The van der Waals surface area contributed by atoms with E-state index in [1.54, 1.807) is 10.9 Å². The summed E-state index contributed by atoms with van der Waals surface area (Å²) in [6.07, 6.45) is 5.67. The molecule has 1 aliphatic rings. The summed E-state index contributed by atoms with van der Waals surface area (Å²) in [7, 11) is 0. The average Bonchev–Trinajstić information content (AvgIpc) is 3.31. The van der Waals surface area contributed by atoms with E-state index < -0.39 is 11.2 Å². The summed E-state index contributed by atoms with van der Waals surface area (Å²) >= 11 is 0. The number of aromatic amines is 1. The van der Waals surface area contributed by atoms with E-state index in [1.165, 1.54) is 4.57 Å². The summed E-state index contributed by atoms with van der Waals surface area (Å²) in [6.45, 7) is 6.15. The summed E-state index contributed by atoms with van der Waals surface area (Å²) in [4.78, 5) is 58.0. The van der Waals surface area contributed by atoms with Crippen LogP contribution in [0.5, 0.6) is 0 Å². The molecule has 1 N–H and O–H groups in total. The second-order valence-corrected chi connectivity index (χ2v) is 9.24. The minimum absolute atomic E-state index is 0.0393. The molecule has 0 atom stereocenters. The maximum Gasteiger partial charge on any atom is 0.330 e. The van der Waals surface area contributed by atoms with Crippen LogP contribution in [0.4, 0.5) is 0 Å². The van der Waals surface area contributed by atoms with Gasteiger partial charge in [-0.05, 0) is 43.7 Å². The average molecular weight is 480 g/mol. The SMILES string of the molecule is CCCC(=O)N1CCC(C(=O)CCc2ccc(Cn3c(=O)[nH]c(=O)c4c3ncn4CC)cc2)CC1. The van der Waals surface area contributed by atoms with Crippen molar-refractivity contribution in [2.24, 2.45) is 5.92 Å². The lowest BCUT2D eigenvalue weighted by atomic mass is 9.89. The van der Waals surface area contributed by atoms with E-state index in [4.69, 9.17) is 0 Å². The number of nitrogens with one attached hydrogen (secondary N) is 1. The fraction of sp³-hybridized carbons (Fsp3) is 0.500. The van der Waals surface area contributed by atoms with Gasteiger partial charge in [-0.1, -0.05) is 31.2 Å². The molecule has 186 valence electrons. The van der Waals surface area contributed by atoms with Gasteiger partial charge in [0.1, 0.15) is 5.78 Å². The number of likely N-dealkylation sites (tertiary alicyclic amines) is 1. The number of nitrogens with zero attached hydrogens (tertiary/aromatic N) is 4. The van der Waals surface area contributed by atoms with Gasteiger partial charge in [-0.2, -0.15) is 0 Å². The predicted octanol–water partition coefficient (Wildman–Crippen LogP) is 2.49. The van der Waals surface area contributed by atoms with Crippen LogP contribution in [-0.2, 0) is 29.1 Å². The van der Waals surface area contributed by atoms with E-state index in [0.717, 1.165) is 30.4 Å². The molecular formula is C26H33N5O4. The molecule has 3 aromatic rings. The Morgan fingerprint density at radius 2 is 1.71 bits per heavy atom. The predicted molar refractivity (Wildman–Crippen MR) is 133 cm³/mol. The van der Waals surface area contributed by atoms with Crippen LogP contribution in [-0.4, -0.2) is 48.8 Å². The molecule has 0 bridgehead atoms. The summed E-state index contributed by atoms with van der Waals surface area (Å²) in [5.41, 5.74) is 1.82. The van der Waals surface area contributed by atoms with Crippen molar-refractivity contribution in [1.82, 2.24) is 24.0 Å². The zero-order chi connectivity index (χ0) is 24.9. The molecule has 1 saturated heterocycles. The van der Waals surface area contributed by atoms with Gasteiger partial charge in [0.05, 0.1) is 12.9 Å². The first-order valence-corrected chi connectivity index (χ1v) is 12.5. The van der Waals surface area contributed by atoms with Crippen LogP contribution < -0.4 is 11.2 Å². The number of H-pyrrole nitrogens is 1. The summed E-state index contributed by atoms with van der Waals surface area (Å²) in [5, 5.41) is 0. The maximum absolute atomic E-state index is 12.7. The number of aryl methyl sites for hydroxylation is 2. The van der Waals surface area contributed by atoms with E-state index in [2.05, 4.69) is 9.97 Å². The standard InChI is InChI=1S/C26H33N5O4/c1-3-5-22(33)30-14-12-20(13-15-30)21(32)11-10-18-6-8-19(9-7-18)16-31-24-23(25(34)28-26(31)35)29(4-2)17-27-24/h6-9,17,20H,3-5,10-16H2,1-2H3,(H,28,34,35). The van der Waals surface area contributed by atoms with Crippen LogP contribution in [0, 0.1) is 5.92 Å². The van der Waals surface area contributed by atoms with Crippen LogP contribution in [0.2, 0.25) is 0 Å². The van der Waals surface area contributed by atoms with Crippen LogP contribution in [0.3, 0.4) is 0 Å². The van der Waals surface area contributed by atoms with Crippen molar-refractivity contribution in [3.05, 3.63) is 62.6 Å². The minimum atomic E-state index is -0.485. The molecular weight excluding hydrogens is 446 g/mol. The van der Waals surface area contributed by atoms with Gasteiger partial charge in [0.15, 0.2) is 11.2 Å². The molecule has 0 spiro atoms. The Balaban J connectivity index is 1.35. The number of fused-ring (bicyclic) bond motifs is 1. The Labute approximate surface area is 203 Å². The van der Waals surface area contributed by atoms with E-state index in [1.807, 2.05) is 43.0 Å². The first-order valence-electron chi connectivity index (χ1n) is 12.5.